The Bertz CT molecular complexity index is 1000. The maximum absolute atomic E-state index is 12.7. The highest BCUT2D eigenvalue weighted by Crippen LogP contribution is 2.15. The van der Waals surface area contributed by atoms with Gasteiger partial charge in [-0.3, -0.25) is 14.4 Å². The van der Waals surface area contributed by atoms with Crippen LogP contribution in [0.2, 0.25) is 0 Å². The van der Waals surface area contributed by atoms with E-state index in [1.165, 1.54) is 161 Å². The number of carbonyl (C=O) groups is 3. The van der Waals surface area contributed by atoms with Gasteiger partial charge in [-0.2, -0.15) is 0 Å². The topological polar surface area (TPSA) is 78.9 Å². The zero-order chi connectivity index (χ0) is 43.0. The molecule has 0 aliphatic heterocycles. The predicted octanol–water partition coefficient (Wildman–Crippen LogP) is 16.5. The average Bonchev–Trinajstić information content (AvgIpc) is 3.23. The van der Waals surface area contributed by atoms with E-state index in [-0.39, 0.29) is 31.1 Å². The Morgan fingerprint density at radius 2 is 0.627 bits per heavy atom. The first kappa shape index (κ1) is 56.6. The minimum atomic E-state index is -0.785. The largest absolute Gasteiger partial charge is 0.462 e. The lowest BCUT2D eigenvalue weighted by molar-refractivity contribution is -0.167. The normalized spacial score (nSPS) is 12.3. The smallest absolute Gasteiger partial charge is 0.306 e. The predicted molar refractivity (Wildman–Crippen MR) is 252 cm³/mol. The van der Waals surface area contributed by atoms with Gasteiger partial charge in [0.25, 0.3) is 0 Å². The molecule has 0 amide bonds. The van der Waals surface area contributed by atoms with Gasteiger partial charge in [0.15, 0.2) is 6.10 Å². The molecule has 1 atom stereocenters. The van der Waals surface area contributed by atoms with Crippen molar-refractivity contribution >= 4 is 17.9 Å². The van der Waals surface area contributed by atoms with E-state index in [1.807, 2.05) is 0 Å². The van der Waals surface area contributed by atoms with Gasteiger partial charge < -0.3 is 14.2 Å². The second-order valence-electron chi connectivity index (χ2n) is 17.1. The van der Waals surface area contributed by atoms with E-state index in [0.29, 0.717) is 25.7 Å². The average molecular weight is 829 g/mol. The summed E-state index contributed by atoms with van der Waals surface area (Å²) in [5.74, 6) is -0.930. The van der Waals surface area contributed by atoms with Crippen molar-refractivity contribution in [2.24, 2.45) is 0 Å². The van der Waals surface area contributed by atoms with Gasteiger partial charge in [0.1, 0.15) is 13.2 Å². The lowest BCUT2D eigenvalue weighted by atomic mass is 10.0. The third kappa shape index (κ3) is 46.5. The zero-order valence-corrected chi connectivity index (χ0v) is 39.3. The van der Waals surface area contributed by atoms with Crippen LogP contribution >= 0.6 is 0 Å². The van der Waals surface area contributed by atoms with E-state index >= 15 is 0 Å². The highest BCUT2D eigenvalue weighted by molar-refractivity contribution is 5.71. The number of ether oxygens (including phenoxy) is 3. The molecule has 6 nitrogen and oxygen atoms in total. The third-order valence-corrected chi connectivity index (χ3v) is 11.1. The molecule has 0 radical (unpaired) electrons. The zero-order valence-electron chi connectivity index (χ0n) is 39.3. The van der Waals surface area contributed by atoms with Crippen LogP contribution < -0.4 is 0 Å². The molecule has 0 aliphatic rings. The number of unbranched alkanes of at least 4 members (excludes halogenated alkanes) is 29. The van der Waals surface area contributed by atoms with Crippen LogP contribution in [0.5, 0.6) is 0 Å². The Morgan fingerprint density at radius 1 is 0.339 bits per heavy atom. The van der Waals surface area contributed by atoms with Crippen LogP contribution in [0.4, 0.5) is 0 Å². The molecule has 0 N–H and O–H groups in total. The first-order valence-electron chi connectivity index (χ1n) is 25.5. The number of esters is 3. The van der Waals surface area contributed by atoms with Crippen LogP contribution in [0, 0.1) is 0 Å². The van der Waals surface area contributed by atoms with E-state index in [2.05, 4.69) is 57.2 Å². The molecule has 0 fully saturated rings. The quantitative estimate of drug-likeness (QED) is 0.0263. The molecular formula is C53H96O6. The van der Waals surface area contributed by atoms with Gasteiger partial charge in [0.05, 0.1) is 0 Å². The monoisotopic (exact) mass is 829 g/mol. The lowest BCUT2D eigenvalue weighted by Crippen LogP contribution is -2.30. The van der Waals surface area contributed by atoms with Gasteiger partial charge in [0, 0.05) is 19.3 Å². The fraction of sp³-hybridized carbons (Fsp3) is 0.830. The first-order chi connectivity index (χ1) is 29.0. The number of hydrogen-bond donors (Lipinski definition) is 0. The molecule has 0 spiro atoms. The first-order valence-corrected chi connectivity index (χ1v) is 25.5. The van der Waals surface area contributed by atoms with Crippen LogP contribution in [0.15, 0.2) is 36.5 Å². The van der Waals surface area contributed by atoms with Gasteiger partial charge in [0.2, 0.25) is 0 Å². The van der Waals surface area contributed by atoms with Crippen molar-refractivity contribution < 1.29 is 28.6 Å². The van der Waals surface area contributed by atoms with Crippen LogP contribution in [-0.4, -0.2) is 37.2 Å². The summed E-state index contributed by atoms with van der Waals surface area (Å²) in [4.78, 5) is 37.9. The highest BCUT2D eigenvalue weighted by Gasteiger charge is 2.19. The van der Waals surface area contributed by atoms with E-state index in [4.69, 9.17) is 14.2 Å². The highest BCUT2D eigenvalue weighted by atomic mass is 16.6. The Hall–Kier alpha value is -2.37. The van der Waals surface area contributed by atoms with Crippen LogP contribution in [0.1, 0.15) is 265 Å². The summed E-state index contributed by atoms with van der Waals surface area (Å²) < 4.78 is 16.7. The fourth-order valence-corrected chi connectivity index (χ4v) is 7.28. The molecule has 0 rings (SSSR count). The van der Waals surface area contributed by atoms with Crippen LogP contribution in [-0.2, 0) is 28.6 Å². The lowest BCUT2D eigenvalue weighted by Gasteiger charge is -2.18. The maximum Gasteiger partial charge on any atom is 0.306 e. The Balaban J connectivity index is 4.40. The summed E-state index contributed by atoms with van der Waals surface area (Å²) in [5, 5.41) is 0. The van der Waals surface area contributed by atoms with Gasteiger partial charge >= 0.3 is 17.9 Å². The Morgan fingerprint density at radius 3 is 1.02 bits per heavy atom. The maximum atomic E-state index is 12.7. The second-order valence-corrected chi connectivity index (χ2v) is 17.1. The third-order valence-electron chi connectivity index (χ3n) is 11.1. The molecule has 59 heavy (non-hydrogen) atoms. The van der Waals surface area contributed by atoms with Crippen molar-refractivity contribution in [1.82, 2.24) is 0 Å². The Kier molecular flexibility index (Phi) is 46.4. The molecular weight excluding hydrogens is 733 g/mol. The second kappa shape index (κ2) is 48.3. The standard InChI is InChI=1S/C53H96O6/c1-4-7-10-13-16-19-22-24-25-26-27-29-32-34-37-40-43-46-52(55)58-49-50(59-53(56)47-44-41-38-35-30-21-18-15-12-9-6-3)48-57-51(54)45-42-39-36-33-31-28-23-20-17-14-11-8-5-2/h24-25,27,29,34,37,50H,4-23,26,28,30-33,35-36,38-49H2,1-3H3/b25-24-,29-27-,37-34-/t50-/m0/s1. The number of rotatable bonds is 46. The summed E-state index contributed by atoms with van der Waals surface area (Å²) in [5.41, 5.74) is 0. The number of carbonyl (C=O) groups excluding carboxylic acids is 3. The van der Waals surface area contributed by atoms with Gasteiger partial charge in [-0.1, -0.05) is 231 Å². The minimum absolute atomic E-state index is 0.0836. The summed E-state index contributed by atoms with van der Waals surface area (Å²) in [6.45, 7) is 6.59. The summed E-state index contributed by atoms with van der Waals surface area (Å²) in [7, 11) is 0. The van der Waals surface area contributed by atoms with E-state index in [0.717, 1.165) is 57.8 Å². The number of allylic oxidation sites excluding steroid dienone is 6. The molecule has 0 saturated heterocycles. The van der Waals surface area contributed by atoms with Crippen molar-refractivity contribution in [1.29, 1.82) is 0 Å². The Labute approximate surface area is 365 Å². The number of hydrogen-bond acceptors (Lipinski definition) is 6. The molecule has 344 valence electrons. The van der Waals surface area contributed by atoms with Gasteiger partial charge in [-0.15, -0.1) is 0 Å². The fourth-order valence-electron chi connectivity index (χ4n) is 7.28. The summed E-state index contributed by atoms with van der Waals surface area (Å²) >= 11 is 0. The van der Waals surface area contributed by atoms with Crippen LogP contribution in [0.3, 0.4) is 0 Å². The van der Waals surface area contributed by atoms with Crippen molar-refractivity contribution in [3.63, 3.8) is 0 Å². The van der Waals surface area contributed by atoms with Gasteiger partial charge in [-0.05, 0) is 51.4 Å². The minimum Gasteiger partial charge on any atom is -0.462 e. The SMILES string of the molecule is CCCCCCCC/C=C\C/C=C\C/C=C\CCCC(=O)OC[C@H](COC(=O)CCCCCCCCCCCCCCC)OC(=O)CCCCCCCCCCCCC. The molecule has 0 aromatic rings. The molecule has 0 saturated carbocycles. The van der Waals surface area contributed by atoms with Crippen molar-refractivity contribution in [3.05, 3.63) is 36.5 Å². The molecule has 0 aliphatic carbocycles. The molecule has 0 aromatic heterocycles. The van der Waals surface area contributed by atoms with Crippen molar-refractivity contribution in [3.8, 4) is 0 Å². The van der Waals surface area contributed by atoms with Crippen LogP contribution in [0.25, 0.3) is 0 Å². The molecule has 0 aromatic carbocycles. The summed E-state index contributed by atoms with van der Waals surface area (Å²) in [6, 6.07) is 0. The molecule has 6 heteroatoms. The molecule has 0 heterocycles. The van der Waals surface area contributed by atoms with E-state index in [9.17, 15) is 14.4 Å². The van der Waals surface area contributed by atoms with Crippen molar-refractivity contribution in [2.75, 3.05) is 13.2 Å². The molecule has 0 unspecified atom stereocenters. The summed E-state index contributed by atoms with van der Waals surface area (Å²) in [6.07, 6.45) is 55.6. The van der Waals surface area contributed by atoms with Crippen molar-refractivity contribution in [2.45, 2.75) is 271 Å². The van der Waals surface area contributed by atoms with Gasteiger partial charge in [-0.25, -0.2) is 0 Å². The van der Waals surface area contributed by atoms with E-state index < -0.39 is 6.10 Å². The molecule has 0 bridgehead atoms. The van der Waals surface area contributed by atoms with E-state index in [1.54, 1.807) is 0 Å².